The van der Waals surface area contributed by atoms with E-state index in [1.165, 1.54) is 6.07 Å². The Bertz CT molecular complexity index is 1310. The standard InChI is InChI=1S/C18H12N2O8/c21-10-2-6-8(3-11(10)22)20-15(18(27)28)13(6)14-5-1-9(17(25)26)19-7(5)4-12(23)16(14)24/h1-4,19-24H,(H,25,26)(H,27,28). The van der Waals surface area contributed by atoms with Crippen molar-refractivity contribution in [3.63, 3.8) is 0 Å². The average molecular weight is 384 g/mol. The second-order valence-electron chi connectivity index (χ2n) is 6.14. The van der Waals surface area contributed by atoms with Gasteiger partial charge in [0.05, 0.1) is 11.0 Å². The zero-order valence-electron chi connectivity index (χ0n) is 13.8. The van der Waals surface area contributed by atoms with E-state index in [1.54, 1.807) is 0 Å². The highest BCUT2D eigenvalue weighted by Gasteiger charge is 2.26. The lowest BCUT2D eigenvalue weighted by molar-refractivity contribution is 0.0681. The smallest absolute Gasteiger partial charge is 0.352 e. The molecule has 0 aliphatic rings. The number of H-pyrrole nitrogens is 2. The summed E-state index contributed by atoms with van der Waals surface area (Å²) in [4.78, 5) is 28.2. The number of carboxylic acid groups (broad SMARTS) is 2. The predicted octanol–water partition coefficient (Wildman–Crippen LogP) is 2.54. The van der Waals surface area contributed by atoms with E-state index in [9.17, 15) is 40.2 Å². The van der Waals surface area contributed by atoms with E-state index in [0.717, 1.165) is 18.2 Å². The Balaban J connectivity index is 2.21. The maximum atomic E-state index is 11.8. The highest BCUT2D eigenvalue weighted by Crippen LogP contribution is 2.47. The first-order valence-electron chi connectivity index (χ1n) is 7.81. The summed E-state index contributed by atoms with van der Waals surface area (Å²) in [6.45, 7) is 0. The molecule has 10 heteroatoms. The van der Waals surface area contributed by atoms with Crippen LogP contribution >= 0.6 is 0 Å². The minimum atomic E-state index is -1.41. The van der Waals surface area contributed by atoms with Crippen LogP contribution in [0, 0.1) is 0 Å². The molecule has 0 radical (unpaired) electrons. The van der Waals surface area contributed by atoms with Gasteiger partial charge >= 0.3 is 11.9 Å². The van der Waals surface area contributed by atoms with Gasteiger partial charge in [-0.1, -0.05) is 0 Å². The molecular formula is C18H12N2O8. The molecule has 0 spiro atoms. The minimum Gasteiger partial charge on any atom is -0.504 e. The van der Waals surface area contributed by atoms with Crippen molar-refractivity contribution in [1.29, 1.82) is 0 Å². The van der Waals surface area contributed by atoms with Crippen molar-refractivity contribution in [2.45, 2.75) is 0 Å². The first-order chi connectivity index (χ1) is 13.2. The van der Waals surface area contributed by atoms with Gasteiger partial charge in [0, 0.05) is 34.0 Å². The SMILES string of the molecule is O=C(O)c1cc2c(-c3c(C(=O)O)[nH]c4cc(O)c(O)cc34)c(O)c(O)cc2[nH]1. The molecule has 0 bridgehead atoms. The van der Waals surface area contributed by atoms with E-state index in [2.05, 4.69) is 9.97 Å². The number of carboxylic acids is 2. The maximum absolute atomic E-state index is 11.8. The van der Waals surface area contributed by atoms with Gasteiger partial charge in [0.2, 0.25) is 0 Å². The number of hydrogen-bond acceptors (Lipinski definition) is 6. The van der Waals surface area contributed by atoms with Crippen LogP contribution in [0.2, 0.25) is 0 Å². The Hall–Kier alpha value is -4.34. The molecule has 0 fully saturated rings. The summed E-state index contributed by atoms with van der Waals surface area (Å²) >= 11 is 0. The Morgan fingerprint density at radius 2 is 1.25 bits per heavy atom. The molecule has 0 unspecified atom stereocenters. The molecular weight excluding hydrogens is 372 g/mol. The summed E-state index contributed by atoms with van der Waals surface area (Å²) in [7, 11) is 0. The molecule has 0 aliphatic heterocycles. The summed E-state index contributed by atoms with van der Waals surface area (Å²) in [5, 5.41) is 59.2. The highest BCUT2D eigenvalue weighted by molar-refractivity contribution is 6.15. The van der Waals surface area contributed by atoms with Crippen LogP contribution in [0.15, 0.2) is 24.3 Å². The van der Waals surface area contributed by atoms with Crippen LogP contribution in [-0.2, 0) is 0 Å². The van der Waals surface area contributed by atoms with E-state index < -0.39 is 34.9 Å². The lowest BCUT2D eigenvalue weighted by Crippen LogP contribution is -1.99. The molecule has 0 amide bonds. The van der Waals surface area contributed by atoms with Crippen molar-refractivity contribution in [3.05, 3.63) is 35.7 Å². The van der Waals surface area contributed by atoms with E-state index in [-0.39, 0.29) is 44.3 Å². The second kappa shape index (κ2) is 5.58. The van der Waals surface area contributed by atoms with Crippen LogP contribution in [0.5, 0.6) is 23.0 Å². The lowest BCUT2D eigenvalue weighted by Gasteiger charge is -2.09. The Labute approximate surface area is 154 Å². The van der Waals surface area contributed by atoms with Gasteiger partial charge in [-0.25, -0.2) is 9.59 Å². The molecule has 142 valence electrons. The number of phenolic OH excluding ortho intramolecular Hbond substituents is 4. The monoisotopic (exact) mass is 384 g/mol. The van der Waals surface area contributed by atoms with E-state index in [0.29, 0.717) is 0 Å². The van der Waals surface area contributed by atoms with Crippen molar-refractivity contribution < 1.29 is 40.2 Å². The summed E-state index contributed by atoms with van der Waals surface area (Å²) in [5.74, 6) is -4.98. The summed E-state index contributed by atoms with van der Waals surface area (Å²) in [6, 6.07) is 4.51. The molecule has 0 aliphatic carbocycles. The van der Waals surface area contributed by atoms with Crippen LogP contribution in [0.4, 0.5) is 0 Å². The molecule has 0 saturated heterocycles. The van der Waals surface area contributed by atoms with Crippen LogP contribution in [0.25, 0.3) is 32.9 Å². The number of nitrogens with one attached hydrogen (secondary N) is 2. The summed E-state index contributed by atoms with van der Waals surface area (Å²) in [5.41, 5.74) is -0.567. The largest absolute Gasteiger partial charge is 0.504 e. The normalized spacial score (nSPS) is 11.3. The Kier molecular flexibility index (Phi) is 3.40. The van der Waals surface area contributed by atoms with E-state index >= 15 is 0 Å². The molecule has 28 heavy (non-hydrogen) atoms. The first kappa shape index (κ1) is 17.1. The first-order valence-corrected chi connectivity index (χ1v) is 7.81. The Morgan fingerprint density at radius 3 is 1.89 bits per heavy atom. The van der Waals surface area contributed by atoms with E-state index in [1.807, 2.05) is 0 Å². The quantitative estimate of drug-likeness (QED) is 0.247. The van der Waals surface area contributed by atoms with E-state index in [4.69, 9.17) is 0 Å². The van der Waals surface area contributed by atoms with Crippen LogP contribution in [0.3, 0.4) is 0 Å². The zero-order chi connectivity index (χ0) is 20.3. The fraction of sp³-hybridized carbons (Fsp3) is 0. The maximum Gasteiger partial charge on any atom is 0.352 e. The molecule has 10 nitrogen and oxygen atoms in total. The molecule has 0 atom stereocenters. The third kappa shape index (κ3) is 2.28. The van der Waals surface area contributed by atoms with Gasteiger partial charge in [-0.15, -0.1) is 0 Å². The zero-order valence-corrected chi connectivity index (χ0v) is 13.8. The average Bonchev–Trinajstić information content (AvgIpc) is 3.18. The second-order valence-corrected chi connectivity index (χ2v) is 6.14. The number of hydrogen-bond donors (Lipinski definition) is 8. The molecule has 0 saturated carbocycles. The van der Waals surface area contributed by atoms with Crippen molar-refractivity contribution in [2.75, 3.05) is 0 Å². The van der Waals surface area contributed by atoms with Gasteiger partial charge in [-0.2, -0.15) is 0 Å². The number of fused-ring (bicyclic) bond motifs is 2. The van der Waals surface area contributed by atoms with Crippen molar-refractivity contribution >= 4 is 33.7 Å². The molecule has 2 heterocycles. The number of phenols is 4. The predicted molar refractivity (Wildman–Crippen MR) is 96.2 cm³/mol. The van der Waals surface area contributed by atoms with Gasteiger partial charge < -0.3 is 40.6 Å². The van der Waals surface area contributed by atoms with Crippen LogP contribution in [0.1, 0.15) is 21.0 Å². The molecule has 2 aromatic carbocycles. The number of aromatic nitrogens is 2. The van der Waals surface area contributed by atoms with Crippen molar-refractivity contribution in [3.8, 4) is 34.1 Å². The van der Waals surface area contributed by atoms with Crippen molar-refractivity contribution in [2.24, 2.45) is 0 Å². The van der Waals surface area contributed by atoms with Gasteiger partial charge in [-0.05, 0) is 12.1 Å². The van der Waals surface area contributed by atoms with Gasteiger partial charge in [0.15, 0.2) is 23.0 Å². The fourth-order valence-electron chi connectivity index (χ4n) is 3.26. The molecule has 2 aromatic heterocycles. The third-order valence-electron chi connectivity index (χ3n) is 4.47. The van der Waals surface area contributed by atoms with Crippen molar-refractivity contribution in [1.82, 2.24) is 9.97 Å². The topological polar surface area (TPSA) is 187 Å². The molecule has 4 aromatic rings. The summed E-state index contributed by atoms with van der Waals surface area (Å²) in [6.07, 6.45) is 0. The summed E-state index contributed by atoms with van der Waals surface area (Å²) < 4.78 is 0. The number of carbonyl (C=O) groups is 2. The fourth-order valence-corrected chi connectivity index (χ4v) is 3.26. The number of aromatic carboxylic acids is 2. The number of rotatable bonds is 3. The lowest BCUT2D eigenvalue weighted by atomic mass is 9.96. The van der Waals surface area contributed by atoms with Crippen LogP contribution in [-0.4, -0.2) is 52.5 Å². The number of benzene rings is 2. The number of aromatic amines is 2. The molecule has 8 N–H and O–H groups in total. The molecule has 4 rings (SSSR count). The van der Waals surface area contributed by atoms with Gasteiger partial charge in [0.1, 0.15) is 11.4 Å². The van der Waals surface area contributed by atoms with Crippen LogP contribution < -0.4 is 0 Å². The highest BCUT2D eigenvalue weighted by atomic mass is 16.4. The minimum absolute atomic E-state index is 0.0906. The number of aromatic hydroxyl groups is 4. The third-order valence-corrected chi connectivity index (χ3v) is 4.47. The van der Waals surface area contributed by atoms with Gasteiger partial charge in [-0.3, -0.25) is 0 Å². The van der Waals surface area contributed by atoms with Gasteiger partial charge in [0.25, 0.3) is 0 Å². The Morgan fingerprint density at radius 1 is 0.679 bits per heavy atom.